The highest BCUT2D eigenvalue weighted by Crippen LogP contribution is 2.22. The Morgan fingerprint density at radius 2 is 1.92 bits per heavy atom. The van der Waals surface area contributed by atoms with E-state index in [2.05, 4.69) is 0 Å². The maximum absolute atomic E-state index is 11.1. The fourth-order valence-corrected chi connectivity index (χ4v) is 2.58. The predicted octanol–water partition coefficient (Wildman–Crippen LogP) is 2.60. The Morgan fingerprint density at radius 3 is 2.48 bits per heavy atom. The molecule has 1 aliphatic rings. The number of benzene rings is 1. The van der Waals surface area contributed by atoms with Gasteiger partial charge in [0.25, 0.3) is 0 Å². The monoisotopic (exact) mass is 351 g/mol. The van der Waals surface area contributed by atoms with Crippen LogP contribution in [-0.4, -0.2) is 55.6 Å². The van der Waals surface area contributed by atoms with Gasteiger partial charge in [0.1, 0.15) is 5.75 Å². The Labute approximate surface area is 150 Å². The van der Waals surface area contributed by atoms with Crippen molar-refractivity contribution >= 4 is 6.29 Å². The molecule has 0 aliphatic carbocycles. The number of hydrogen-bond donors (Lipinski definition) is 0. The molecule has 6 heteroatoms. The third-order valence-corrected chi connectivity index (χ3v) is 3.90. The summed E-state index contributed by atoms with van der Waals surface area (Å²) in [5, 5.41) is 0. The third-order valence-electron chi connectivity index (χ3n) is 3.90. The first-order chi connectivity index (χ1) is 12.0. The van der Waals surface area contributed by atoms with Gasteiger partial charge >= 0.3 is 0 Å². The molecule has 140 valence electrons. The minimum absolute atomic E-state index is 0.225. The molecule has 1 saturated heterocycles. The van der Waals surface area contributed by atoms with Crippen LogP contribution >= 0.6 is 0 Å². The van der Waals surface area contributed by atoms with Gasteiger partial charge in [0.15, 0.2) is 12.5 Å². The van der Waals surface area contributed by atoms with Gasteiger partial charge in [-0.3, -0.25) is 9.69 Å². The molecule has 2 unspecified atom stereocenters. The predicted molar refractivity (Wildman–Crippen MR) is 94.4 cm³/mol. The van der Waals surface area contributed by atoms with Crippen LogP contribution in [-0.2, 0) is 25.6 Å². The van der Waals surface area contributed by atoms with Crippen molar-refractivity contribution in [2.45, 2.75) is 59.0 Å². The highest BCUT2D eigenvalue weighted by molar-refractivity contribution is 5.56. The van der Waals surface area contributed by atoms with E-state index in [1.54, 1.807) is 0 Å². The topological polar surface area (TPSA) is 57.2 Å². The van der Waals surface area contributed by atoms with E-state index >= 15 is 0 Å². The SMILES string of the molecule is CC(C)OCCOCc1ccc(OC2CN(C(C)C)C(C=O)O2)cc1. The Morgan fingerprint density at radius 1 is 1.20 bits per heavy atom. The Bertz CT molecular complexity index is 517. The second-order valence-electron chi connectivity index (χ2n) is 6.62. The zero-order valence-corrected chi connectivity index (χ0v) is 15.5. The molecular weight excluding hydrogens is 322 g/mol. The van der Waals surface area contributed by atoms with Crippen molar-refractivity contribution in [1.29, 1.82) is 0 Å². The van der Waals surface area contributed by atoms with Crippen LogP contribution in [0.2, 0.25) is 0 Å². The van der Waals surface area contributed by atoms with Crippen molar-refractivity contribution in [2.75, 3.05) is 19.8 Å². The van der Waals surface area contributed by atoms with E-state index in [1.807, 2.05) is 56.9 Å². The van der Waals surface area contributed by atoms with E-state index in [0.29, 0.717) is 32.1 Å². The highest BCUT2D eigenvalue weighted by Gasteiger charge is 2.35. The summed E-state index contributed by atoms with van der Waals surface area (Å²) in [5.41, 5.74) is 1.07. The molecule has 0 spiro atoms. The Kier molecular flexibility index (Phi) is 7.84. The smallest absolute Gasteiger partial charge is 0.214 e. The molecular formula is C19H29NO5. The van der Waals surface area contributed by atoms with Gasteiger partial charge in [-0.2, -0.15) is 0 Å². The summed E-state index contributed by atoms with van der Waals surface area (Å²) in [6.45, 7) is 10.4. The van der Waals surface area contributed by atoms with Crippen LogP contribution in [0.1, 0.15) is 33.3 Å². The molecule has 2 rings (SSSR count). The number of carbonyl (C=O) groups is 1. The lowest BCUT2D eigenvalue weighted by atomic mass is 10.2. The number of nitrogens with zero attached hydrogens (tertiary/aromatic N) is 1. The van der Waals surface area contributed by atoms with Crippen molar-refractivity contribution in [3.8, 4) is 5.75 Å². The molecule has 0 radical (unpaired) electrons. The second kappa shape index (κ2) is 9.87. The van der Waals surface area contributed by atoms with Gasteiger partial charge < -0.3 is 18.9 Å². The van der Waals surface area contributed by atoms with Crippen LogP contribution in [0, 0.1) is 0 Å². The van der Waals surface area contributed by atoms with Crippen molar-refractivity contribution < 1.29 is 23.7 Å². The molecule has 0 aromatic heterocycles. The molecule has 1 fully saturated rings. The number of ether oxygens (including phenoxy) is 4. The largest absolute Gasteiger partial charge is 0.463 e. The average Bonchev–Trinajstić information content (AvgIpc) is 2.99. The molecule has 1 aliphatic heterocycles. The zero-order valence-electron chi connectivity index (χ0n) is 15.5. The van der Waals surface area contributed by atoms with Crippen LogP contribution in [0.25, 0.3) is 0 Å². The van der Waals surface area contributed by atoms with E-state index in [-0.39, 0.29) is 12.1 Å². The number of hydrogen-bond acceptors (Lipinski definition) is 6. The third kappa shape index (κ3) is 6.40. The van der Waals surface area contributed by atoms with Crippen LogP contribution in [0.15, 0.2) is 24.3 Å². The minimum Gasteiger partial charge on any atom is -0.463 e. The van der Waals surface area contributed by atoms with Gasteiger partial charge in [0.05, 0.1) is 32.5 Å². The van der Waals surface area contributed by atoms with Crippen molar-refractivity contribution in [2.24, 2.45) is 0 Å². The lowest BCUT2D eigenvalue weighted by Crippen LogP contribution is -2.37. The fourth-order valence-electron chi connectivity index (χ4n) is 2.58. The van der Waals surface area contributed by atoms with Gasteiger partial charge in [-0.1, -0.05) is 12.1 Å². The summed E-state index contributed by atoms with van der Waals surface area (Å²) >= 11 is 0. The molecule has 0 amide bonds. The van der Waals surface area contributed by atoms with E-state index < -0.39 is 12.5 Å². The summed E-state index contributed by atoms with van der Waals surface area (Å²) in [4.78, 5) is 13.1. The van der Waals surface area contributed by atoms with Gasteiger partial charge in [0.2, 0.25) is 6.29 Å². The summed E-state index contributed by atoms with van der Waals surface area (Å²) in [7, 11) is 0. The molecule has 1 aromatic rings. The summed E-state index contributed by atoms with van der Waals surface area (Å²) in [5.74, 6) is 0.715. The van der Waals surface area contributed by atoms with Crippen LogP contribution in [0.3, 0.4) is 0 Å². The van der Waals surface area contributed by atoms with E-state index in [0.717, 1.165) is 11.8 Å². The maximum atomic E-state index is 11.1. The fraction of sp³-hybridized carbons (Fsp3) is 0.632. The number of aldehydes is 1. The van der Waals surface area contributed by atoms with Gasteiger partial charge in [-0.25, -0.2) is 0 Å². The number of rotatable bonds is 10. The van der Waals surface area contributed by atoms with Crippen LogP contribution in [0.4, 0.5) is 0 Å². The lowest BCUT2D eigenvalue weighted by Gasteiger charge is -2.21. The molecule has 2 atom stereocenters. The quantitative estimate of drug-likeness (QED) is 0.477. The number of carbonyl (C=O) groups excluding carboxylic acids is 1. The molecule has 1 heterocycles. The summed E-state index contributed by atoms with van der Waals surface area (Å²) < 4.78 is 22.5. The van der Waals surface area contributed by atoms with Crippen LogP contribution in [0.5, 0.6) is 5.75 Å². The zero-order chi connectivity index (χ0) is 18.2. The van der Waals surface area contributed by atoms with Crippen molar-refractivity contribution in [3.05, 3.63) is 29.8 Å². The second-order valence-corrected chi connectivity index (χ2v) is 6.62. The minimum atomic E-state index is -0.536. The van der Waals surface area contributed by atoms with Crippen LogP contribution < -0.4 is 4.74 Å². The molecule has 0 N–H and O–H groups in total. The molecule has 6 nitrogen and oxygen atoms in total. The van der Waals surface area contributed by atoms with Gasteiger partial charge in [-0.05, 0) is 45.4 Å². The summed E-state index contributed by atoms with van der Waals surface area (Å²) in [6.07, 6.45) is 0.0640. The van der Waals surface area contributed by atoms with Gasteiger partial charge in [0, 0.05) is 6.04 Å². The van der Waals surface area contributed by atoms with Gasteiger partial charge in [-0.15, -0.1) is 0 Å². The van der Waals surface area contributed by atoms with E-state index in [4.69, 9.17) is 18.9 Å². The maximum Gasteiger partial charge on any atom is 0.214 e. The Hall–Kier alpha value is -1.47. The standard InChI is InChI=1S/C19H29NO5/c1-14(2)20-11-19(25-18(20)12-21)24-17-7-5-16(6-8-17)13-22-9-10-23-15(3)4/h5-8,12,14-15,18-19H,9-11,13H2,1-4H3. The first kappa shape index (κ1) is 19.8. The average molecular weight is 351 g/mol. The molecule has 1 aromatic carbocycles. The molecule has 25 heavy (non-hydrogen) atoms. The van der Waals surface area contributed by atoms with Crippen molar-refractivity contribution in [1.82, 2.24) is 4.90 Å². The lowest BCUT2D eigenvalue weighted by molar-refractivity contribution is -0.132. The first-order valence-electron chi connectivity index (χ1n) is 8.81. The highest BCUT2D eigenvalue weighted by atomic mass is 16.7. The molecule has 0 bridgehead atoms. The van der Waals surface area contributed by atoms with Crippen molar-refractivity contribution in [3.63, 3.8) is 0 Å². The van der Waals surface area contributed by atoms with E-state index in [1.165, 1.54) is 0 Å². The van der Waals surface area contributed by atoms with E-state index in [9.17, 15) is 4.79 Å². The normalized spacial score (nSPS) is 21.2. The summed E-state index contributed by atoms with van der Waals surface area (Å²) in [6, 6.07) is 7.93. The Balaban J connectivity index is 1.76. The first-order valence-corrected chi connectivity index (χ1v) is 8.81. The molecule has 0 saturated carbocycles.